The Balaban J connectivity index is 1.34. The number of carbonyl (C=O) groups excluding carboxylic acids is 2. The van der Waals surface area contributed by atoms with Crippen LogP contribution in [0.4, 0.5) is 15.9 Å². The Morgan fingerprint density at radius 2 is 1.59 bits per heavy atom. The van der Waals surface area contributed by atoms with E-state index in [0.29, 0.717) is 43.4 Å². The fraction of sp³-hybridized carbons (Fsp3) is 0.200. The van der Waals surface area contributed by atoms with Gasteiger partial charge in [-0.25, -0.2) is 4.39 Å². The Morgan fingerprint density at radius 1 is 0.897 bits per heavy atom. The van der Waals surface area contributed by atoms with E-state index in [1.165, 1.54) is 18.4 Å². The highest BCUT2D eigenvalue weighted by Crippen LogP contribution is 2.15. The molecule has 0 atom stereocenters. The van der Waals surface area contributed by atoms with Gasteiger partial charge in [-0.1, -0.05) is 0 Å². The molecular formula is C20H18FN5O3. The van der Waals surface area contributed by atoms with Gasteiger partial charge in [0.2, 0.25) is 0 Å². The van der Waals surface area contributed by atoms with E-state index in [2.05, 4.69) is 15.5 Å². The SMILES string of the molecule is O=C(c1ccc(Nc2ccc(F)cc2)nn1)N1CCN(C(=O)c2ccco2)CC1. The lowest BCUT2D eigenvalue weighted by molar-refractivity contribution is 0.0514. The lowest BCUT2D eigenvalue weighted by Gasteiger charge is -2.34. The van der Waals surface area contributed by atoms with Crippen LogP contribution in [0.2, 0.25) is 0 Å². The first-order chi connectivity index (χ1) is 14.1. The molecule has 0 saturated carbocycles. The first-order valence-electron chi connectivity index (χ1n) is 9.08. The Kier molecular flexibility index (Phi) is 5.19. The van der Waals surface area contributed by atoms with Crippen molar-refractivity contribution in [3.8, 4) is 0 Å². The van der Waals surface area contributed by atoms with Crippen molar-refractivity contribution in [3.63, 3.8) is 0 Å². The van der Waals surface area contributed by atoms with Gasteiger partial charge in [-0.15, -0.1) is 10.2 Å². The van der Waals surface area contributed by atoms with E-state index in [1.807, 2.05) is 0 Å². The summed E-state index contributed by atoms with van der Waals surface area (Å²) in [7, 11) is 0. The minimum absolute atomic E-state index is 0.182. The zero-order valence-corrected chi connectivity index (χ0v) is 15.4. The first kappa shape index (κ1) is 18.6. The summed E-state index contributed by atoms with van der Waals surface area (Å²) < 4.78 is 18.1. The monoisotopic (exact) mass is 395 g/mol. The largest absolute Gasteiger partial charge is 0.459 e. The van der Waals surface area contributed by atoms with Crippen LogP contribution in [0.3, 0.4) is 0 Å². The molecule has 1 N–H and O–H groups in total. The van der Waals surface area contributed by atoms with Gasteiger partial charge in [-0.3, -0.25) is 9.59 Å². The van der Waals surface area contributed by atoms with Gasteiger partial charge in [0, 0.05) is 31.9 Å². The molecule has 3 aromatic rings. The van der Waals surface area contributed by atoms with Gasteiger partial charge >= 0.3 is 0 Å². The highest BCUT2D eigenvalue weighted by molar-refractivity contribution is 5.93. The minimum Gasteiger partial charge on any atom is -0.459 e. The van der Waals surface area contributed by atoms with Crippen molar-refractivity contribution in [2.75, 3.05) is 31.5 Å². The molecule has 0 aliphatic carbocycles. The van der Waals surface area contributed by atoms with Crippen LogP contribution in [0.1, 0.15) is 21.0 Å². The number of rotatable bonds is 4. The molecule has 1 aliphatic rings. The van der Waals surface area contributed by atoms with Crippen molar-refractivity contribution in [1.29, 1.82) is 0 Å². The van der Waals surface area contributed by atoms with Crippen molar-refractivity contribution in [2.24, 2.45) is 0 Å². The van der Waals surface area contributed by atoms with Crippen LogP contribution in [0.25, 0.3) is 0 Å². The zero-order valence-electron chi connectivity index (χ0n) is 15.4. The van der Waals surface area contributed by atoms with Crippen LogP contribution in [0.5, 0.6) is 0 Å². The van der Waals surface area contributed by atoms with Crippen molar-refractivity contribution in [1.82, 2.24) is 20.0 Å². The molecule has 0 spiro atoms. The molecule has 8 nitrogen and oxygen atoms in total. The second-order valence-corrected chi connectivity index (χ2v) is 6.50. The Morgan fingerprint density at radius 3 is 2.17 bits per heavy atom. The third-order valence-corrected chi connectivity index (χ3v) is 4.59. The van der Waals surface area contributed by atoms with Crippen molar-refractivity contribution < 1.29 is 18.4 Å². The van der Waals surface area contributed by atoms with E-state index in [0.717, 1.165) is 0 Å². The molecule has 1 fully saturated rings. The molecule has 9 heteroatoms. The van der Waals surface area contributed by atoms with Gasteiger partial charge in [0.1, 0.15) is 5.82 Å². The highest BCUT2D eigenvalue weighted by atomic mass is 19.1. The number of hydrogen-bond donors (Lipinski definition) is 1. The van der Waals surface area contributed by atoms with Crippen LogP contribution in [-0.4, -0.2) is 58.0 Å². The lowest BCUT2D eigenvalue weighted by Crippen LogP contribution is -2.50. The molecule has 2 amide bonds. The van der Waals surface area contributed by atoms with Crippen LogP contribution < -0.4 is 5.32 Å². The number of anilines is 2. The summed E-state index contributed by atoms with van der Waals surface area (Å²) in [5.74, 6) is -0.00974. The fourth-order valence-corrected chi connectivity index (χ4v) is 3.02. The molecule has 0 bridgehead atoms. The van der Waals surface area contributed by atoms with Crippen LogP contribution in [0.15, 0.2) is 59.2 Å². The molecule has 4 rings (SSSR count). The number of halogens is 1. The van der Waals surface area contributed by atoms with Gasteiger partial charge in [-0.2, -0.15) is 0 Å². The summed E-state index contributed by atoms with van der Waals surface area (Å²) in [6, 6.07) is 12.4. The van der Waals surface area contributed by atoms with Gasteiger partial charge < -0.3 is 19.5 Å². The molecular weight excluding hydrogens is 377 g/mol. The van der Waals surface area contributed by atoms with E-state index in [1.54, 1.807) is 46.2 Å². The average molecular weight is 395 g/mol. The van der Waals surface area contributed by atoms with Crippen molar-refractivity contribution in [3.05, 3.63) is 72.1 Å². The number of furan rings is 1. The van der Waals surface area contributed by atoms with E-state index in [4.69, 9.17) is 4.42 Å². The summed E-state index contributed by atoms with van der Waals surface area (Å²) in [6.07, 6.45) is 1.46. The Labute approximate surface area is 165 Å². The summed E-state index contributed by atoms with van der Waals surface area (Å²) in [5, 5.41) is 11.0. The normalized spacial score (nSPS) is 14.0. The Hall–Kier alpha value is -3.75. The molecule has 1 saturated heterocycles. The zero-order chi connectivity index (χ0) is 20.2. The molecule has 29 heavy (non-hydrogen) atoms. The maximum Gasteiger partial charge on any atom is 0.289 e. The van der Waals surface area contributed by atoms with E-state index in [-0.39, 0.29) is 23.3 Å². The number of hydrogen-bond acceptors (Lipinski definition) is 6. The summed E-state index contributed by atoms with van der Waals surface area (Å²) >= 11 is 0. The second kappa shape index (κ2) is 8.09. The lowest BCUT2D eigenvalue weighted by atomic mass is 10.2. The molecule has 1 aliphatic heterocycles. The topological polar surface area (TPSA) is 91.6 Å². The predicted octanol–water partition coefficient (Wildman–Crippen LogP) is 2.55. The molecule has 0 radical (unpaired) electrons. The van der Waals surface area contributed by atoms with E-state index in [9.17, 15) is 14.0 Å². The van der Waals surface area contributed by atoms with Crippen LogP contribution in [0, 0.1) is 5.82 Å². The predicted molar refractivity (Wildman–Crippen MR) is 102 cm³/mol. The third-order valence-electron chi connectivity index (χ3n) is 4.59. The molecule has 148 valence electrons. The van der Waals surface area contributed by atoms with Crippen LogP contribution >= 0.6 is 0 Å². The summed E-state index contributed by atoms with van der Waals surface area (Å²) in [5.41, 5.74) is 0.887. The van der Waals surface area contributed by atoms with Crippen LogP contribution in [-0.2, 0) is 0 Å². The minimum atomic E-state index is -0.325. The quantitative estimate of drug-likeness (QED) is 0.730. The Bertz CT molecular complexity index is 982. The van der Waals surface area contributed by atoms with Gasteiger partial charge in [0.25, 0.3) is 11.8 Å². The maximum atomic E-state index is 13.0. The third kappa shape index (κ3) is 4.23. The van der Waals surface area contributed by atoms with Gasteiger partial charge in [-0.05, 0) is 48.5 Å². The van der Waals surface area contributed by atoms with Crippen molar-refractivity contribution >= 4 is 23.3 Å². The smallest absolute Gasteiger partial charge is 0.289 e. The van der Waals surface area contributed by atoms with Crippen molar-refractivity contribution in [2.45, 2.75) is 0 Å². The molecule has 0 unspecified atom stereocenters. The number of carbonyl (C=O) groups is 2. The fourth-order valence-electron chi connectivity index (χ4n) is 3.02. The summed E-state index contributed by atoms with van der Waals surface area (Å²) in [6.45, 7) is 1.65. The maximum absolute atomic E-state index is 13.0. The molecule has 2 aromatic heterocycles. The van der Waals surface area contributed by atoms with Gasteiger partial charge in [0.05, 0.1) is 6.26 Å². The number of nitrogens with zero attached hydrogens (tertiary/aromatic N) is 4. The number of aromatic nitrogens is 2. The average Bonchev–Trinajstić information content (AvgIpc) is 3.30. The number of amides is 2. The molecule has 1 aromatic carbocycles. The number of nitrogens with one attached hydrogen (secondary N) is 1. The van der Waals surface area contributed by atoms with Gasteiger partial charge in [0.15, 0.2) is 17.3 Å². The van der Waals surface area contributed by atoms with E-state index < -0.39 is 0 Å². The first-order valence-corrected chi connectivity index (χ1v) is 9.08. The number of piperazine rings is 1. The second-order valence-electron chi connectivity index (χ2n) is 6.50. The standard InChI is InChI=1S/C20H18FN5O3/c21-14-3-5-15(6-4-14)22-18-8-7-16(23-24-18)19(27)25-9-11-26(12-10-25)20(28)17-2-1-13-29-17/h1-8,13H,9-12H2,(H,22,24). The highest BCUT2D eigenvalue weighted by Gasteiger charge is 2.27. The number of benzene rings is 1. The molecule has 3 heterocycles. The van der Waals surface area contributed by atoms with E-state index >= 15 is 0 Å². The summed E-state index contributed by atoms with van der Waals surface area (Å²) in [4.78, 5) is 28.2.